The van der Waals surface area contributed by atoms with Crippen molar-refractivity contribution in [2.75, 3.05) is 19.5 Å². The summed E-state index contributed by atoms with van der Waals surface area (Å²) in [6.07, 6.45) is 0. The van der Waals surface area contributed by atoms with Crippen molar-refractivity contribution in [2.45, 2.75) is 0 Å². The highest BCUT2D eigenvalue weighted by atomic mass is 35.5. The first-order valence-electron chi connectivity index (χ1n) is 4.25. The number of ether oxygens (including phenoxy) is 1. The number of nitrogens with zero attached hydrogens (tertiary/aromatic N) is 1. The van der Waals surface area contributed by atoms with Gasteiger partial charge in [0, 0.05) is 18.8 Å². The van der Waals surface area contributed by atoms with E-state index in [0.29, 0.717) is 16.7 Å². The maximum Gasteiger partial charge on any atom is 0.209 e. The lowest BCUT2D eigenvalue weighted by atomic mass is 10.3. The van der Waals surface area contributed by atoms with Gasteiger partial charge in [0.2, 0.25) is 5.96 Å². The fourth-order valence-corrected chi connectivity index (χ4v) is 1.23. The number of halogens is 1. The smallest absolute Gasteiger partial charge is 0.209 e. The van der Waals surface area contributed by atoms with Crippen LogP contribution in [0.5, 0.6) is 5.75 Å². The van der Waals surface area contributed by atoms with Crippen molar-refractivity contribution in [3.63, 3.8) is 0 Å². The van der Waals surface area contributed by atoms with E-state index >= 15 is 0 Å². The summed E-state index contributed by atoms with van der Waals surface area (Å²) in [6.45, 7) is 0. The molecule has 5 nitrogen and oxygen atoms in total. The van der Waals surface area contributed by atoms with Gasteiger partial charge >= 0.3 is 0 Å². The van der Waals surface area contributed by atoms with Crippen LogP contribution in [0.15, 0.2) is 23.2 Å². The van der Waals surface area contributed by atoms with Crippen LogP contribution in [0, 0.1) is 0 Å². The van der Waals surface area contributed by atoms with Crippen molar-refractivity contribution in [2.24, 2.45) is 10.8 Å². The molecule has 6 heteroatoms. The zero-order chi connectivity index (χ0) is 11.3. The van der Waals surface area contributed by atoms with Crippen molar-refractivity contribution in [3.8, 4) is 5.75 Å². The summed E-state index contributed by atoms with van der Waals surface area (Å²) in [4.78, 5) is 3.88. The molecule has 1 rings (SSSR count). The highest BCUT2D eigenvalue weighted by molar-refractivity contribution is 6.32. The van der Waals surface area contributed by atoms with Crippen molar-refractivity contribution >= 4 is 23.2 Å². The highest BCUT2D eigenvalue weighted by Crippen LogP contribution is 2.27. The quantitative estimate of drug-likeness (QED) is 0.308. The lowest BCUT2D eigenvalue weighted by Crippen LogP contribution is -2.36. The maximum atomic E-state index is 5.88. The van der Waals surface area contributed by atoms with Gasteiger partial charge in [0.05, 0.1) is 12.1 Å². The Kier molecular flexibility index (Phi) is 4.20. The summed E-state index contributed by atoms with van der Waals surface area (Å²) in [5.41, 5.74) is 3.20. The first-order valence-corrected chi connectivity index (χ1v) is 4.63. The van der Waals surface area contributed by atoms with E-state index in [1.54, 1.807) is 32.4 Å². The number of rotatable bonds is 2. The Bertz CT molecular complexity index is 367. The van der Waals surface area contributed by atoms with Gasteiger partial charge in [-0.2, -0.15) is 0 Å². The number of aliphatic imine (C=N–C) groups is 1. The van der Waals surface area contributed by atoms with Crippen LogP contribution in [0.1, 0.15) is 0 Å². The van der Waals surface area contributed by atoms with Crippen LogP contribution >= 0.6 is 11.6 Å². The Morgan fingerprint density at radius 1 is 1.53 bits per heavy atom. The third kappa shape index (κ3) is 3.00. The molecule has 0 aliphatic rings. The molecule has 82 valence electrons. The zero-order valence-corrected chi connectivity index (χ0v) is 9.30. The number of anilines is 1. The van der Waals surface area contributed by atoms with Gasteiger partial charge in [-0.05, 0) is 12.1 Å². The lowest BCUT2D eigenvalue weighted by Gasteiger charge is -2.10. The number of nitrogens with two attached hydrogens (primary N) is 1. The molecule has 0 unspecified atom stereocenters. The van der Waals surface area contributed by atoms with Gasteiger partial charge in [0.15, 0.2) is 0 Å². The third-order valence-corrected chi connectivity index (χ3v) is 2.09. The van der Waals surface area contributed by atoms with E-state index in [1.165, 1.54) is 0 Å². The average molecular weight is 229 g/mol. The second-order valence-electron chi connectivity index (χ2n) is 2.69. The number of nitrogens with one attached hydrogen (secondary N) is 2. The van der Waals surface area contributed by atoms with E-state index in [9.17, 15) is 0 Å². The van der Waals surface area contributed by atoms with Crippen LogP contribution in [0.4, 0.5) is 5.69 Å². The van der Waals surface area contributed by atoms with Gasteiger partial charge in [-0.25, -0.2) is 5.84 Å². The van der Waals surface area contributed by atoms with Gasteiger partial charge in [-0.3, -0.25) is 10.4 Å². The molecule has 0 atom stereocenters. The standard InChI is InChI=1S/C9H13ClN4O/c1-12-9(14-11)13-6-3-4-7(10)8(5-6)15-2/h3-5H,11H2,1-2H3,(H2,12,13,14). The number of hydrogen-bond acceptors (Lipinski definition) is 3. The van der Waals surface area contributed by atoms with Crippen LogP contribution in [0.25, 0.3) is 0 Å². The van der Waals surface area contributed by atoms with Gasteiger partial charge in [0.25, 0.3) is 0 Å². The molecule has 0 amide bonds. The van der Waals surface area contributed by atoms with Gasteiger partial charge in [-0.15, -0.1) is 0 Å². The van der Waals surface area contributed by atoms with Crippen LogP contribution in [0.2, 0.25) is 5.02 Å². The van der Waals surface area contributed by atoms with Crippen LogP contribution in [-0.2, 0) is 0 Å². The Morgan fingerprint density at radius 2 is 2.27 bits per heavy atom. The molecule has 0 fully saturated rings. The van der Waals surface area contributed by atoms with Crippen molar-refractivity contribution in [1.82, 2.24) is 5.43 Å². The molecular weight excluding hydrogens is 216 g/mol. The van der Waals surface area contributed by atoms with E-state index in [4.69, 9.17) is 22.2 Å². The molecule has 0 radical (unpaired) electrons. The van der Waals surface area contributed by atoms with Crippen LogP contribution < -0.4 is 21.3 Å². The minimum absolute atomic E-state index is 0.458. The van der Waals surface area contributed by atoms with E-state index in [-0.39, 0.29) is 0 Å². The maximum absolute atomic E-state index is 5.88. The van der Waals surface area contributed by atoms with E-state index < -0.39 is 0 Å². The average Bonchev–Trinajstić information content (AvgIpc) is 2.28. The topological polar surface area (TPSA) is 71.7 Å². The molecule has 0 aliphatic carbocycles. The number of methoxy groups -OCH3 is 1. The summed E-state index contributed by atoms with van der Waals surface area (Å²) in [6, 6.07) is 5.28. The normalized spacial score (nSPS) is 11.1. The molecule has 0 spiro atoms. The first-order chi connectivity index (χ1) is 7.21. The van der Waals surface area contributed by atoms with E-state index in [1.807, 2.05) is 0 Å². The molecule has 15 heavy (non-hydrogen) atoms. The van der Waals surface area contributed by atoms with Crippen LogP contribution in [-0.4, -0.2) is 20.1 Å². The molecule has 1 aromatic carbocycles. The second kappa shape index (κ2) is 5.43. The Labute approximate surface area is 93.2 Å². The predicted molar refractivity (Wildman–Crippen MR) is 62.3 cm³/mol. The number of guanidine groups is 1. The van der Waals surface area contributed by atoms with Crippen molar-refractivity contribution in [1.29, 1.82) is 0 Å². The Morgan fingerprint density at radius 3 is 2.80 bits per heavy atom. The van der Waals surface area contributed by atoms with Crippen LogP contribution in [0.3, 0.4) is 0 Å². The Hall–Kier alpha value is -1.46. The van der Waals surface area contributed by atoms with E-state index in [2.05, 4.69) is 15.7 Å². The molecular formula is C9H13ClN4O. The molecule has 0 heterocycles. The van der Waals surface area contributed by atoms with Crippen molar-refractivity contribution in [3.05, 3.63) is 23.2 Å². The number of hydrogen-bond donors (Lipinski definition) is 3. The van der Waals surface area contributed by atoms with Crippen molar-refractivity contribution < 1.29 is 4.74 Å². The minimum Gasteiger partial charge on any atom is -0.495 e. The molecule has 0 bridgehead atoms. The molecule has 1 aromatic rings. The third-order valence-electron chi connectivity index (χ3n) is 1.77. The number of hydrazine groups is 1. The SMILES string of the molecule is CN=C(NN)Nc1ccc(Cl)c(OC)c1. The Balaban J connectivity index is 2.87. The lowest BCUT2D eigenvalue weighted by molar-refractivity contribution is 0.415. The summed E-state index contributed by atoms with van der Waals surface area (Å²) < 4.78 is 5.07. The number of benzene rings is 1. The molecule has 0 aromatic heterocycles. The summed E-state index contributed by atoms with van der Waals surface area (Å²) in [7, 11) is 3.18. The zero-order valence-electron chi connectivity index (χ0n) is 8.54. The molecule has 0 saturated heterocycles. The van der Waals surface area contributed by atoms with Gasteiger partial charge in [0.1, 0.15) is 5.75 Å². The fourth-order valence-electron chi connectivity index (χ4n) is 1.03. The molecule has 0 aliphatic heterocycles. The highest BCUT2D eigenvalue weighted by Gasteiger charge is 2.02. The first kappa shape index (κ1) is 11.6. The second-order valence-corrected chi connectivity index (χ2v) is 3.10. The summed E-state index contributed by atoms with van der Waals surface area (Å²) >= 11 is 5.88. The largest absolute Gasteiger partial charge is 0.495 e. The summed E-state index contributed by atoms with van der Waals surface area (Å²) in [5.74, 6) is 6.28. The molecule has 4 N–H and O–H groups in total. The van der Waals surface area contributed by atoms with Gasteiger partial charge in [-0.1, -0.05) is 11.6 Å². The predicted octanol–water partition coefficient (Wildman–Crippen LogP) is 1.21. The van der Waals surface area contributed by atoms with E-state index in [0.717, 1.165) is 5.69 Å². The van der Waals surface area contributed by atoms with Gasteiger partial charge < -0.3 is 10.1 Å². The minimum atomic E-state index is 0.458. The summed E-state index contributed by atoms with van der Waals surface area (Å²) in [5, 5.41) is 3.51. The monoisotopic (exact) mass is 228 g/mol. The molecule has 0 saturated carbocycles. The fraction of sp³-hybridized carbons (Fsp3) is 0.222.